The number of pyridine rings is 1. The highest BCUT2D eigenvalue weighted by Crippen LogP contribution is 2.29. The van der Waals surface area contributed by atoms with Crippen molar-refractivity contribution in [2.75, 3.05) is 5.73 Å². The van der Waals surface area contributed by atoms with Crippen molar-refractivity contribution in [2.24, 2.45) is 0 Å². The second-order valence-electron chi connectivity index (χ2n) is 3.71. The number of nitrogens with zero attached hydrogens (tertiary/aromatic N) is 1. The van der Waals surface area contributed by atoms with E-state index in [2.05, 4.69) is 0 Å². The fraction of sp³-hybridized carbons (Fsp3) is 0.0833. The number of nitrogens with two attached hydrogens (primary N) is 1. The number of benzene rings is 1. The van der Waals surface area contributed by atoms with Crippen molar-refractivity contribution in [2.45, 2.75) is 6.18 Å². The molecule has 0 aliphatic carbocycles. The maximum Gasteiger partial charge on any atom is 0.416 e. The number of aromatic nitrogens is 1. The van der Waals surface area contributed by atoms with Crippen LogP contribution in [0.25, 0.3) is 5.69 Å². The molecule has 1 aromatic carbocycles. The predicted molar refractivity (Wildman–Crippen MR) is 61.5 cm³/mol. The molecule has 2 rings (SSSR count). The van der Waals surface area contributed by atoms with E-state index < -0.39 is 17.3 Å². The smallest absolute Gasteiger partial charge is 0.399 e. The number of hydrogen-bond donors (Lipinski definition) is 1. The third-order valence-electron chi connectivity index (χ3n) is 2.42. The number of alkyl halides is 3. The zero-order valence-corrected chi connectivity index (χ0v) is 9.11. The number of hydrogen-bond acceptors (Lipinski definition) is 2. The molecule has 0 aliphatic heterocycles. The van der Waals surface area contributed by atoms with Crippen LogP contribution < -0.4 is 11.3 Å². The molecular weight excluding hydrogens is 245 g/mol. The lowest BCUT2D eigenvalue weighted by Crippen LogP contribution is -2.17. The first-order valence-corrected chi connectivity index (χ1v) is 5.04. The quantitative estimate of drug-likeness (QED) is 0.849. The van der Waals surface area contributed by atoms with Crippen LogP contribution in [0.1, 0.15) is 5.56 Å². The van der Waals surface area contributed by atoms with Gasteiger partial charge in [0.15, 0.2) is 0 Å². The van der Waals surface area contributed by atoms with Crippen molar-refractivity contribution < 1.29 is 13.2 Å². The van der Waals surface area contributed by atoms with Gasteiger partial charge in [0.25, 0.3) is 5.56 Å². The van der Waals surface area contributed by atoms with Crippen LogP contribution in [0.5, 0.6) is 0 Å². The Labute approximate surface area is 100 Å². The molecule has 2 aromatic rings. The van der Waals surface area contributed by atoms with E-state index >= 15 is 0 Å². The zero-order chi connectivity index (χ0) is 13.3. The highest BCUT2D eigenvalue weighted by atomic mass is 19.4. The summed E-state index contributed by atoms with van der Waals surface area (Å²) in [5.41, 5.74) is 4.94. The molecule has 0 fully saturated rings. The lowest BCUT2D eigenvalue weighted by atomic mass is 10.2. The van der Waals surface area contributed by atoms with E-state index in [4.69, 9.17) is 5.73 Å². The highest BCUT2D eigenvalue weighted by Gasteiger charge is 2.29. The molecule has 0 saturated heterocycles. The third kappa shape index (κ3) is 2.37. The second kappa shape index (κ2) is 4.21. The summed E-state index contributed by atoms with van der Waals surface area (Å²) in [6, 6.07) is 7.04. The summed E-state index contributed by atoms with van der Waals surface area (Å²) in [4.78, 5) is 11.6. The minimum atomic E-state index is -4.38. The van der Waals surface area contributed by atoms with E-state index in [-0.39, 0.29) is 0 Å². The Morgan fingerprint density at radius 3 is 2.17 bits per heavy atom. The molecule has 18 heavy (non-hydrogen) atoms. The molecule has 0 unspecified atom stereocenters. The van der Waals surface area contributed by atoms with Crippen LogP contribution in [-0.2, 0) is 6.18 Å². The first kappa shape index (κ1) is 12.2. The van der Waals surface area contributed by atoms with Crippen LogP contribution in [0, 0.1) is 0 Å². The molecule has 0 radical (unpaired) electrons. The Hall–Kier alpha value is -2.24. The normalized spacial score (nSPS) is 11.5. The fourth-order valence-corrected chi connectivity index (χ4v) is 1.52. The van der Waals surface area contributed by atoms with Gasteiger partial charge in [-0.3, -0.25) is 9.36 Å². The Morgan fingerprint density at radius 2 is 1.67 bits per heavy atom. The molecule has 0 spiro atoms. The number of anilines is 1. The highest BCUT2D eigenvalue weighted by molar-refractivity contribution is 5.40. The SMILES string of the molecule is Nc1ccn(-c2ccc(C(F)(F)F)cc2)c(=O)c1. The van der Waals surface area contributed by atoms with Gasteiger partial charge in [0, 0.05) is 23.6 Å². The van der Waals surface area contributed by atoms with E-state index in [1.807, 2.05) is 0 Å². The Kier molecular flexibility index (Phi) is 2.86. The van der Waals surface area contributed by atoms with Gasteiger partial charge in [-0.25, -0.2) is 0 Å². The van der Waals surface area contributed by atoms with Gasteiger partial charge in [-0.15, -0.1) is 0 Å². The van der Waals surface area contributed by atoms with Crippen LogP contribution in [0.2, 0.25) is 0 Å². The lowest BCUT2D eigenvalue weighted by molar-refractivity contribution is -0.137. The maximum atomic E-state index is 12.4. The molecule has 0 bridgehead atoms. The molecule has 3 nitrogen and oxygen atoms in total. The van der Waals surface area contributed by atoms with Crippen molar-refractivity contribution >= 4 is 5.69 Å². The summed E-state index contributed by atoms with van der Waals surface area (Å²) in [5, 5.41) is 0. The number of rotatable bonds is 1. The maximum absolute atomic E-state index is 12.4. The molecule has 2 N–H and O–H groups in total. The number of halogens is 3. The van der Waals surface area contributed by atoms with Gasteiger partial charge in [0.1, 0.15) is 0 Å². The summed E-state index contributed by atoms with van der Waals surface area (Å²) in [6.45, 7) is 0. The van der Waals surface area contributed by atoms with Crippen molar-refractivity contribution in [3.8, 4) is 5.69 Å². The average Bonchev–Trinajstić information content (AvgIpc) is 2.28. The standard InChI is InChI=1S/C12H9F3N2O/c13-12(14,15)8-1-3-10(4-2-8)17-6-5-9(16)7-11(17)18/h1-7H,16H2. The first-order chi connectivity index (χ1) is 8.38. The average molecular weight is 254 g/mol. The number of nitrogen functional groups attached to an aromatic ring is 1. The van der Waals surface area contributed by atoms with Crippen molar-refractivity contribution in [1.82, 2.24) is 4.57 Å². The first-order valence-electron chi connectivity index (χ1n) is 5.04. The summed E-state index contributed by atoms with van der Waals surface area (Å²) < 4.78 is 38.3. The minimum Gasteiger partial charge on any atom is -0.399 e. The van der Waals surface area contributed by atoms with Gasteiger partial charge in [-0.2, -0.15) is 13.2 Å². The summed E-state index contributed by atoms with van der Waals surface area (Å²) in [5.74, 6) is 0. The van der Waals surface area contributed by atoms with Crippen LogP contribution in [0.4, 0.5) is 18.9 Å². The van der Waals surface area contributed by atoms with Gasteiger partial charge >= 0.3 is 6.18 Å². The van der Waals surface area contributed by atoms with E-state index in [0.717, 1.165) is 12.1 Å². The molecule has 0 amide bonds. The van der Waals surface area contributed by atoms with Crippen LogP contribution in [0.15, 0.2) is 47.4 Å². The van der Waals surface area contributed by atoms with E-state index in [1.165, 1.54) is 35.0 Å². The van der Waals surface area contributed by atoms with E-state index in [9.17, 15) is 18.0 Å². The monoisotopic (exact) mass is 254 g/mol. The molecule has 94 valence electrons. The largest absolute Gasteiger partial charge is 0.416 e. The van der Waals surface area contributed by atoms with Gasteiger partial charge < -0.3 is 5.73 Å². The van der Waals surface area contributed by atoms with Gasteiger partial charge in [-0.1, -0.05) is 0 Å². The Bertz CT molecular complexity index is 614. The second-order valence-corrected chi connectivity index (χ2v) is 3.71. The Morgan fingerprint density at radius 1 is 1.06 bits per heavy atom. The fourth-order valence-electron chi connectivity index (χ4n) is 1.52. The van der Waals surface area contributed by atoms with Crippen LogP contribution >= 0.6 is 0 Å². The molecule has 6 heteroatoms. The van der Waals surface area contributed by atoms with Crippen molar-refractivity contribution in [1.29, 1.82) is 0 Å². The predicted octanol–water partition coefficient (Wildman–Crippen LogP) is 2.44. The van der Waals surface area contributed by atoms with Gasteiger partial charge in [0.2, 0.25) is 0 Å². The summed E-state index contributed by atoms with van der Waals surface area (Å²) in [6.07, 6.45) is -2.97. The summed E-state index contributed by atoms with van der Waals surface area (Å²) >= 11 is 0. The topological polar surface area (TPSA) is 48.0 Å². The summed E-state index contributed by atoms with van der Waals surface area (Å²) in [7, 11) is 0. The molecule has 0 aliphatic rings. The molecule has 0 saturated carbocycles. The Balaban J connectivity index is 2.44. The van der Waals surface area contributed by atoms with Crippen molar-refractivity contribution in [3.05, 3.63) is 58.5 Å². The molecular formula is C12H9F3N2O. The molecule has 1 aromatic heterocycles. The van der Waals surface area contributed by atoms with Crippen LogP contribution in [0.3, 0.4) is 0 Å². The van der Waals surface area contributed by atoms with Crippen molar-refractivity contribution in [3.63, 3.8) is 0 Å². The molecule has 1 heterocycles. The van der Waals surface area contributed by atoms with Crippen LogP contribution in [-0.4, -0.2) is 4.57 Å². The minimum absolute atomic E-state index is 0.308. The van der Waals surface area contributed by atoms with Gasteiger partial charge in [-0.05, 0) is 30.3 Å². The molecule has 0 atom stereocenters. The van der Waals surface area contributed by atoms with E-state index in [1.54, 1.807) is 0 Å². The zero-order valence-electron chi connectivity index (χ0n) is 9.11. The van der Waals surface area contributed by atoms with Gasteiger partial charge in [0.05, 0.1) is 5.56 Å². The van der Waals surface area contributed by atoms with E-state index in [0.29, 0.717) is 11.4 Å². The lowest BCUT2D eigenvalue weighted by Gasteiger charge is -2.09. The third-order valence-corrected chi connectivity index (χ3v) is 2.42.